The minimum atomic E-state index is 0.0767. The zero-order valence-corrected chi connectivity index (χ0v) is 27.2. The first kappa shape index (κ1) is 27.2. The fourth-order valence-corrected chi connectivity index (χ4v) is 8.89. The van der Waals surface area contributed by atoms with E-state index in [1.165, 1.54) is 26.0 Å². The molecule has 5 nitrogen and oxygen atoms in total. The van der Waals surface area contributed by atoms with Crippen molar-refractivity contribution in [1.29, 1.82) is 0 Å². The molecule has 0 saturated heterocycles. The molecule has 0 unspecified atom stereocenters. The van der Waals surface area contributed by atoms with Gasteiger partial charge < -0.3 is 0 Å². The SMILES string of the molecule is c1ccc(-c2nc3ccc4ccc(-c5nc(-c6ccc7ccccc7c6)nc(-c6cccc7oc8ccccc8c67)n5)cc4c3[se]2)cc1. The summed E-state index contributed by atoms with van der Waals surface area (Å²) in [5.41, 5.74) is 6.66. The van der Waals surface area contributed by atoms with E-state index in [9.17, 15) is 0 Å². The van der Waals surface area contributed by atoms with Crippen molar-refractivity contribution in [3.05, 3.63) is 146 Å². The molecule has 0 bridgehead atoms. The summed E-state index contributed by atoms with van der Waals surface area (Å²) >= 11 is 0.0767. The van der Waals surface area contributed by atoms with Crippen LogP contribution in [0.2, 0.25) is 0 Å². The van der Waals surface area contributed by atoms with E-state index in [-0.39, 0.29) is 14.5 Å². The predicted octanol–water partition coefficient (Wildman–Crippen LogP) is 10.4. The van der Waals surface area contributed by atoms with Crippen LogP contribution < -0.4 is 0 Å². The Kier molecular flexibility index (Phi) is 6.13. The van der Waals surface area contributed by atoms with E-state index in [0.717, 1.165) is 54.1 Å². The molecule has 224 valence electrons. The Balaban J connectivity index is 1.21. The van der Waals surface area contributed by atoms with Gasteiger partial charge in [0.1, 0.15) is 0 Å². The van der Waals surface area contributed by atoms with E-state index in [2.05, 4.69) is 109 Å². The Morgan fingerprint density at radius 1 is 0.438 bits per heavy atom. The van der Waals surface area contributed by atoms with Crippen molar-refractivity contribution in [3.63, 3.8) is 0 Å². The van der Waals surface area contributed by atoms with Crippen molar-refractivity contribution in [1.82, 2.24) is 19.9 Å². The Morgan fingerprint density at radius 2 is 1.12 bits per heavy atom. The summed E-state index contributed by atoms with van der Waals surface area (Å²) in [5.74, 6) is 1.86. The van der Waals surface area contributed by atoms with Gasteiger partial charge in [-0.1, -0.05) is 12.1 Å². The molecule has 0 fully saturated rings. The third kappa shape index (κ3) is 4.46. The normalized spacial score (nSPS) is 11.8. The molecule has 6 heteroatoms. The van der Waals surface area contributed by atoms with Gasteiger partial charge in [-0.15, -0.1) is 0 Å². The van der Waals surface area contributed by atoms with Crippen LogP contribution in [0, 0.1) is 0 Å². The molecule has 3 aromatic heterocycles. The number of nitrogens with zero attached hydrogens (tertiary/aromatic N) is 4. The number of rotatable bonds is 4. The molecule has 10 rings (SSSR count). The van der Waals surface area contributed by atoms with E-state index in [1.807, 2.05) is 36.4 Å². The first-order chi connectivity index (χ1) is 23.7. The van der Waals surface area contributed by atoms with Crippen LogP contribution in [0.25, 0.3) is 97.6 Å². The summed E-state index contributed by atoms with van der Waals surface area (Å²) in [7, 11) is 0. The Labute approximate surface area is 280 Å². The predicted molar refractivity (Wildman–Crippen MR) is 196 cm³/mol. The van der Waals surface area contributed by atoms with Gasteiger partial charge in [-0.25, -0.2) is 0 Å². The standard InChI is InChI=1S/C42H24N4OSe/c1-2-10-27(11-3-1)42-43-34-22-21-26-18-20-30(24-33(26)38(34)48-42)40-44-39(29-19-17-25-9-4-5-12-28(25)23-29)45-41(46-40)32-14-8-16-36-37(32)31-13-6-7-15-35(31)47-36/h1-24H. The van der Waals surface area contributed by atoms with E-state index in [1.54, 1.807) is 0 Å². The Bertz CT molecular complexity index is 2860. The van der Waals surface area contributed by atoms with Crippen molar-refractivity contribution in [2.24, 2.45) is 0 Å². The zero-order valence-electron chi connectivity index (χ0n) is 25.5. The molecule has 0 aliphatic heterocycles. The fourth-order valence-electron chi connectivity index (χ4n) is 6.59. The van der Waals surface area contributed by atoms with Crippen molar-refractivity contribution >= 4 is 67.8 Å². The second-order valence-electron chi connectivity index (χ2n) is 11.9. The molecule has 0 N–H and O–H groups in total. The van der Waals surface area contributed by atoms with Gasteiger partial charge in [-0.2, -0.15) is 0 Å². The van der Waals surface area contributed by atoms with Crippen LogP contribution in [-0.2, 0) is 0 Å². The van der Waals surface area contributed by atoms with Crippen LogP contribution in [0.4, 0.5) is 0 Å². The molecular weight excluding hydrogens is 655 g/mol. The van der Waals surface area contributed by atoms with Crippen LogP contribution in [0.15, 0.2) is 150 Å². The van der Waals surface area contributed by atoms with Gasteiger partial charge in [0.25, 0.3) is 0 Å². The molecule has 48 heavy (non-hydrogen) atoms. The molecule has 3 heterocycles. The van der Waals surface area contributed by atoms with Crippen molar-refractivity contribution in [3.8, 4) is 44.3 Å². The molecule has 0 saturated carbocycles. The van der Waals surface area contributed by atoms with Crippen LogP contribution in [0.3, 0.4) is 0 Å². The van der Waals surface area contributed by atoms with Gasteiger partial charge >= 0.3 is 270 Å². The quantitative estimate of drug-likeness (QED) is 0.173. The van der Waals surface area contributed by atoms with Crippen LogP contribution >= 0.6 is 0 Å². The second kappa shape index (κ2) is 10.8. The van der Waals surface area contributed by atoms with Crippen LogP contribution in [0.5, 0.6) is 0 Å². The topological polar surface area (TPSA) is 64.7 Å². The molecular formula is C42H24N4OSe. The Hall–Kier alpha value is -5.94. The summed E-state index contributed by atoms with van der Waals surface area (Å²) in [6.45, 7) is 0. The molecule has 0 aliphatic rings. The number of fused-ring (bicyclic) bond motifs is 7. The molecule has 10 aromatic rings. The average molecular weight is 680 g/mol. The molecule has 0 aliphatic carbocycles. The van der Waals surface area contributed by atoms with Crippen LogP contribution in [-0.4, -0.2) is 34.4 Å². The molecule has 0 radical (unpaired) electrons. The first-order valence-electron chi connectivity index (χ1n) is 15.8. The number of hydrogen-bond donors (Lipinski definition) is 0. The van der Waals surface area contributed by atoms with Gasteiger partial charge in [-0.05, 0) is 0 Å². The minimum absolute atomic E-state index is 0.0767. The third-order valence-electron chi connectivity index (χ3n) is 8.94. The van der Waals surface area contributed by atoms with Crippen LogP contribution in [0.1, 0.15) is 0 Å². The number of aromatic nitrogens is 4. The number of para-hydroxylation sites is 1. The molecule has 0 amide bonds. The maximum absolute atomic E-state index is 6.24. The average Bonchev–Trinajstić information content (AvgIpc) is 3.77. The third-order valence-corrected chi connectivity index (χ3v) is 11.4. The summed E-state index contributed by atoms with van der Waals surface area (Å²) in [5, 5.41) is 6.72. The number of furan rings is 1. The molecule has 0 atom stereocenters. The van der Waals surface area contributed by atoms with E-state index < -0.39 is 0 Å². The van der Waals surface area contributed by atoms with Gasteiger partial charge in [0.05, 0.1) is 0 Å². The molecule has 0 spiro atoms. The van der Waals surface area contributed by atoms with Crippen molar-refractivity contribution in [2.45, 2.75) is 0 Å². The summed E-state index contributed by atoms with van der Waals surface area (Å²) in [6.07, 6.45) is 0. The summed E-state index contributed by atoms with van der Waals surface area (Å²) < 4.78 is 8.69. The number of benzene rings is 7. The van der Waals surface area contributed by atoms with E-state index in [4.69, 9.17) is 24.4 Å². The maximum atomic E-state index is 6.24. The van der Waals surface area contributed by atoms with Gasteiger partial charge in [0, 0.05) is 0 Å². The van der Waals surface area contributed by atoms with E-state index >= 15 is 0 Å². The van der Waals surface area contributed by atoms with Crippen molar-refractivity contribution in [2.75, 3.05) is 0 Å². The molecule has 7 aromatic carbocycles. The number of hydrogen-bond acceptors (Lipinski definition) is 5. The second-order valence-corrected chi connectivity index (χ2v) is 14.0. The zero-order chi connectivity index (χ0) is 31.6. The van der Waals surface area contributed by atoms with Crippen molar-refractivity contribution < 1.29 is 4.42 Å². The van der Waals surface area contributed by atoms with Gasteiger partial charge in [0.15, 0.2) is 0 Å². The van der Waals surface area contributed by atoms with Gasteiger partial charge in [0.2, 0.25) is 0 Å². The summed E-state index contributed by atoms with van der Waals surface area (Å²) in [4.78, 5) is 20.5. The first-order valence-corrected chi connectivity index (χ1v) is 17.5. The summed E-state index contributed by atoms with van der Waals surface area (Å²) in [6, 6.07) is 50.3. The monoisotopic (exact) mass is 680 g/mol. The van der Waals surface area contributed by atoms with E-state index in [0.29, 0.717) is 17.5 Å². The fraction of sp³-hybridized carbons (Fsp3) is 0. The Morgan fingerprint density at radius 3 is 2.00 bits per heavy atom. The van der Waals surface area contributed by atoms with Gasteiger partial charge in [-0.3, -0.25) is 0 Å².